The van der Waals surface area contributed by atoms with E-state index in [1.807, 2.05) is 0 Å². The standard InChI is InChI=1S/C10H18ClNO4S/c1-9(2,3)16-8(13)12-10(4-5-10)6-7-17(11,14)15/h4-7H2,1-3H3,(H,12,13). The van der Waals surface area contributed by atoms with Gasteiger partial charge in [0, 0.05) is 16.2 Å². The molecule has 1 aliphatic rings. The Balaban J connectivity index is 2.43. The number of amides is 1. The molecule has 0 aromatic heterocycles. The summed E-state index contributed by atoms with van der Waals surface area (Å²) >= 11 is 0. The Bertz CT molecular complexity index is 395. The third kappa shape index (κ3) is 6.12. The summed E-state index contributed by atoms with van der Waals surface area (Å²) in [6, 6.07) is 0. The highest BCUT2D eigenvalue weighted by Gasteiger charge is 2.45. The normalized spacial score (nSPS) is 18.6. The highest BCUT2D eigenvalue weighted by Crippen LogP contribution is 2.39. The largest absolute Gasteiger partial charge is 0.444 e. The average molecular weight is 284 g/mol. The molecule has 0 aromatic carbocycles. The van der Waals surface area contributed by atoms with Crippen LogP contribution in [0.1, 0.15) is 40.0 Å². The highest BCUT2D eigenvalue weighted by atomic mass is 35.7. The van der Waals surface area contributed by atoms with Crippen molar-refractivity contribution < 1.29 is 17.9 Å². The van der Waals surface area contributed by atoms with Gasteiger partial charge in [0.2, 0.25) is 9.05 Å². The molecule has 100 valence electrons. The fourth-order valence-corrected chi connectivity index (χ4v) is 2.29. The first-order valence-corrected chi connectivity index (χ1v) is 7.93. The second-order valence-electron chi connectivity index (χ2n) is 5.40. The van der Waals surface area contributed by atoms with Crippen molar-refractivity contribution in [1.29, 1.82) is 0 Å². The molecule has 1 fully saturated rings. The molecule has 0 bridgehead atoms. The van der Waals surface area contributed by atoms with Gasteiger partial charge >= 0.3 is 6.09 Å². The summed E-state index contributed by atoms with van der Waals surface area (Å²) in [5, 5.41) is 2.71. The van der Waals surface area contributed by atoms with Crippen LogP contribution in [-0.2, 0) is 13.8 Å². The predicted octanol–water partition coefficient (Wildman–Crippen LogP) is 2.00. The van der Waals surface area contributed by atoms with E-state index in [0.717, 1.165) is 12.8 Å². The lowest BCUT2D eigenvalue weighted by Gasteiger charge is -2.23. The van der Waals surface area contributed by atoms with Crippen molar-refractivity contribution in [2.45, 2.75) is 51.2 Å². The van der Waals surface area contributed by atoms with Crippen LogP contribution in [0.2, 0.25) is 0 Å². The first-order chi connectivity index (χ1) is 7.52. The summed E-state index contributed by atoms with van der Waals surface area (Å²) in [5.41, 5.74) is -0.997. The van der Waals surface area contributed by atoms with Gasteiger partial charge in [0.25, 0.3) is 0 Å². The zero-order valence-electron chi connectivity index (χ0n) is 10.2. The number of alkyl carbamates (subject to hydrolysis) is 1. The molecule has 1 N–H and O–H groups in total. The number of nitrogens with one attached hydrogen (secondary N) is 1. The third-order valence-electron chi connectivity index (χ3n) is 2.44. The number of hydrogen-bond donors (Lipinski definition) is 1. The van der Waals surface area contributed by atoms with Crippen LogP contribution >= 0.6 is 10.7 Å². The first-order valence-electron chi connectivity index (χ1n) is 5.45. The molecular formula is C10H18ClNO4S. The van der Waals surface area contributed by atoms with Gasteiger partial charge < -0.3 is 10.1 Å². The monoisotopic (exact) mass is 283 g/mol. The van der Waals surface area contributed by atoms with E-state index in [2.05, 4.69) is 5.32 Å². The zero-order valence-corrected chi connectivity index (χ0v) is 11.8. The summed E-state index contributed by atoms with van der Waals surface area (Å²) in [6.07, 6.45) is 1.34. The SMILES string of the molecule is CC(C)(C)OC(=O)NC1(CCS(=O)(=O)Cl)CC1. The van der Waals surface area contributed by atoms with E-state index in [1.54, 1.807) is 20.8 Å². The second kappa shape index (κ2) is 4.65. The van der Waals surface area contributed by atoms with Crippen LogP contribution in [0.4, 0.5) is 4.79 Å². The summed E-state index contributed by atoms with van der Waals surface area (Å²) in [6.45, 7) is 5.32. The van der Waals surface area contributed by atoms with E-state index in [4.69, 9.17) is 15.4 Å². The van der Waals surface area contributed by atoms with Crippen molar-refractivity contribution in [3.8, 4) is 0 Å². The van der Waals surface area contributed by atoms with E-state index in [9.17, 15) is 13.2 Å². The molecule has 1 rings (SSSR count). The molecule has 0 radical (unpaired) electrons. The van der Waals surface area contributed by atoms with E-state index in [-0.39, 0.29) is 5.75 Å². The molecule has 1 saturated carbocycles. The lowest BCUT2D eigenvalue weighted by atomic mass is 10.2. The Morgan fingerprint density at radius 1 is 1.41 bits per heavy atom. The minimum atomic E-state index is -3.51. The van der Waals surface area contributed by atoms with E-state index in [1.165, 1.54) is 0 Å². The minimum absolute atomic E-state index is 0.135. The van der Waals surface area contributed by atoms with E-state index < -0.39 is 26.3 Å². The van der Waals surface area contributed by atoms with Crippen LogP contribution in [0, 0.1) is 0 Å². The maximum absolute atomic E-state index is 11.5. The van der Waals surface area contributed by atoms with Crippen molar-refractivity contribution >= 4 is 25.8 Å². The van der Waals surface area contributed by atoms with Gasteiger partial charge in [-0.2, -0.15) is 0 Å². The lowest BCUT2D eigenvalue weighted by Crippen LogP contribution is -2.41. The van der Waals surface area contributed by atoms with Gasteiger partial charge in [-0.1, -0.05) is 0 Å². The van der Waals surface area contributed by atoms with E-state index in [0.29, 0.717) is 6.42 Å². The van der Waals surface area contributed by atoms with Crippen molar-refractivity contribution in [1.82, 2.24) is 5.32 Å². The summed E-state index contributed by atoms with van der Waals surface area (Å²) in [4.78, 5) is 11.5. The van der Waals surface area contributed by atoms with E-state index >= 15 is 0 Å². The zero-order chi connectivity index (χ0) is 13.3. The molecule has 7 heteroatoms. The van der Waals surface area contributed by atoms with Crippen molar-refractivity contribution in [2.75, 3.05) is 5.75 Å². The summed E-state index contributed by atoms with van der Waals surface area (Å²) in [5.74, 6) is -0.135. The van der Waals surface area contributed by atoms with Crippen LogP contribution < -0.4 is 5.32 Å². The molecule has 0 spiro atoms. The Labute approximate surface area is 106 Å². The fourth-order valence-electron chi connectivity index (χ4n) is 1.43. The molecule has 5 nitrogen and oxygen atoms in total. The van der Waals surface area contributed by atoms with Gasteiger partial charge in [0.1, 0.15) is 5.60 Å². The molecule has 0 atom stereocenters. The first kappa shape index (κ1) is 14.6. The number of rotatable bonds is 4. The van der Waals surface area contributed by atoms with Gasteiger partial charge in [-0.05, 0) is 40.0 Å². The molecule has 0 unspecified atom stereocenters. The maximum Gasteiger partial charge on any atom is 0.408 e. The Morgan fingerprint density at radius 2 is 1.94 bits per heavy atom. The van der Waals surface area contributed by atoms with Crippen molar-refractivity contribution in [2.24, 2.45) is 0 Å². The number of hydrogen-bond acceptors (Lipinski definition) is 4. The number of carbonyl (C=O) groups excluding carboxylic acids is 1. The molecule has 0 saturated heterocycles. The number of halogens is 1. The van der Waals surface area contributed by atoms with Crippen molar-refractivity contribution in [3.63, 3.8) is 0 Å². The Kier molecular flexibility index (Phi) is 3.98. The third-order valence-corrected chi connectivity index (χ3v) is 3.60. The van der Waals surface area contributed by atoms with Crippen LogP contribution in [0.3, 0.4) is 0 Å². The number of ether oxygens (including phenoxy) is 1. The quantitative estimate of drug-likeness (QED) is 0.801. The molecule has 1 amide bonds. The fraction of sp³-hybridized carbons (Fsp3) is 0.900. The summed E-state index contributed by atoms with van der Waals surface area (Å²) < 4.78 is 26.8. The number of carbonyl (C=O) groups is 1. The van der Waals surface area contributed by atoms with Gasteiger partial charge in [0.05, 0.1) is 5.75 Å². The van der Waals surface area contributed by atoms with Gasteiger partial charge in [-0.25, -0.2) is 13.2 Å². The lowest BCUT2D eigenvalue weighted by molar-refractivity contribution is 0.0495. The molecule has 0 aromatic rings. The molecule has 0 aliphatic heterocycles. The topological polar surface area (TPSA) is 72.5 Å². The van der Waals surface area contributed by atoms with Gasteiger partial charge in [0.15, 0.2) is 0 Å². The smallest absolute Gasteiger partial charge is 0.408 e. The van der Waals surface area contributed by atoms with Crippen molar-refractivity contribution in [3.05, 3.63) is 0 Å². The summed E-state index contributed by atoms with van der Waals surface area (Å²) in [7, 11) is 1.63. The maximum atomic E-state index is 11.5. The highest BCUT2D eigenvalue weighted by molar-refractivity contribution is 8.13. The van der Waals surface area contributed by atoms with Gasteiger partial charge in [-0.15, -0.1) is 0 Å². The van der Waals surface area contributed by atoms with Gasteiger partial charge in [-0.3, -0.25) is 0 Å². The molecule has 17 heavy (non-hydrogen) atoms. The average Bonchev–Trinajstić information content (AvgIpc) is 2.77. The van der Waals surface area contributed by atoms with Crippen LogP contribution in [0.15, 0.2) is 0 Å². The Hall–Kier alpha value is -0.490. The Morgan fingerprint density at radius 3 is 2.29 bits per heavy atom. The van der Waals surface area contributed by atoms with Crippen LogP contribution in [0.5, 0.6) is 0 Å². The minimum Gasteiger partial charge on any atom is -0.444 e. The molecule has 0 heterocycles. The second-order valence-corrected chi connectivity index (χ2v) is 8.30. The van der Waals surface area contributed by atoms with Crippen LogP contribution in [0.25, 0.3) is 0 Å². The molecule has 1 aliphatic carbocycles. The van der Waals surface area contributed by atoms with Crippen LogP contribution in [-0.4, -0.2) is 31.4 Å². The molecular weight excluding hydrogens is 266 g/mol. The predicted molar refractivity (Wildman–Crippen MR) is 65.6 cm³/mol.